The molecular weight excluding hydrogens is 276 g/mol. The van der Waals surface area contributed by atoms with Crippen LogP contribution in [-0.4, -0.2) is 28.2 Å². The summed E-state index contributed by atoms with van der Waals surface area (Å²) in [7, 11) is 0. The normalized spacial score (nSPS) is 57.9. The number of ketones is 1. The highest BCUT2D eigenvalue weighted by Crippen LogP contribution is 2.65. The van der Waals surface area contributed by atoms with Crippen LogP contribution in [0.25, 0.3) is 0 Å². The van der Waals surface area contributed by atoms with Crippen molar-refractivity contribution in [1.29, 1.82) is 0 Å². The summed E-state index contributed by atoms with van der Waals surface area (Å²) < 4.78 is 0. The van der Waals surface area contributed by atoms with Gasteiger partial charge in [0.25, 0.3) is 0 Å². The zero-order valence-corrected chi connectivity index (χ0v) is 13.9. The molecule has 3 heteroatoms. The topological polar surface area (TPSA) is 57.5 Å². The highest BCUT2D eigenvalue weighted by Gasteiger charge is 2.62. The first kappa shape index (κ1) is 15.1. The Morgan fingerprint density at radius 3 is 2.41 bits per heavy atom. The standard InChI is InChI=1S/C19H30O3/c1-18-7-5-12(20)9-11(18)10-15(21)17-13-3-4-16(22)19(13,2)8-6-14(17)18/h11-14,16-17,20,22H,3-10H2,1-2H3/t11-,12-,13+,14-,16-,17-,18+,19+/m1/s1. The van der Waals surface area contributed by atoms with Crippen molar-refractivity contribution in [3.8, 4) is 0 Å². The molecule has 0 spiro atoms. The molecule has 4 fully saturated rings. The Morgan fingerprint density at radius 1 is 0.955 bits per heavy atom. The van der Waals surface area contributed by atoms with Crippen molar-refractivity contribution in [3.05, 3.63) is 0 Å². The highest BCUT2D eigenvalue weighted by molar-refractivity contribution is 5.83. The molecule has 0 aromatic heterocycles. The van der Waals surface area contributed by atoms with Gasteiger partial charge in [-0.25, -0.2) is 0 Å². The Morgan fingerprint density at radius 2 is 1.64 bits per heavy atom. The lowest BCUT2D eigenvalue weighted by Crippen LogP contribution is -2.57. The van der Waals surface area contributed by atoms with Gasteiger partial charge in [-0.3, -0.25) is 4.79 Å². The van der Waals surface area contributed by atoms with E-state index in [4.69, 9.17) is 0 Å². The largest absolute Gasteiger partial charge is 0.393 e. The molecule has 4 aliphatic carbocycles. The van der Waals surface area contributed by atoms with E-state index in [9.17, 15) is 15.0 Å². The first-order valence-electron chi connectivity index (χ1n) is 9.25. The number of rotatable bonds is 0. The fourth-order valence-corrected chi connectivity index (χ4v) is 6.88. The molecule has 4 saturated carbocycles. The monoisotopic (exact) mass is 306 g/mol. The van der Waals surface area contributed by atoms with E-state index in [0.717, 1.165) is 44.9 Å². The first-order valence-corrected chi connectivity index (χ1v) is 9.25. The van der Waals surface area contributed by atoms with Gasteiger partial charge in [-0.1, -0.05) is 13.8 Å². The van der Waals surface area contributed by atoms with E-state index in [0.29, 0.717) is 30.0 Å². The van der Waals surface area contributed by atoms with Crippen LogP contribution in [0.4, 0.5) is 0 Å². The van der Waals surface area contributed by atoms with E-state index in [1.165, 1.54) is 0 Å². The maximum absolute atomic E-state index is 13.0. The van der Waals surface area contributed by atoms with Gasteiger partial charge in [-0.15, -0.1) is 0 Å². The lowest BCUT2D eigenvalue weighted by atomic mass is 9.45. The zero-order chi connectivity index (χ0) is 15.7. The van der Waals surface area contributed by atoms with Crippen molar-refractivity contribution >= 4 is 5.78 Å². The van der Waals surface area contributed by atoms with Crippen molar-refractivity contribution in [2.45, 2.75) is 77.4 Å². The van der Waals surface area contributed by atoms with Crippen LogP contribution in [0.1, 0.15) is 65.2 Å². The Bertz CT molecular complexity index is 489. The minimum Gasteiger partial charge on any atom is -0.393 e. The molecule has 0 aromatic rings. The Balaban J connectivity index is 1.69. The summed E-state index contributed by atoms with van der Waals surface area (Å²) in [6.45, 7) is 4.61. The fourth-order valence-electron chi connectivity index (χ4n) is 6.88. The minimum atomic E-state index is -0.218. The van der Waals surface area contributed by atoms with Crippen LogP contribution in [0.3, 0.4) is 0 Å². The molecule has 0 saturated heterocycles. The summed E-state index contributed by atoms with van der Waals surface area (Å²) in [5, 5.41) is 20.5. The Labute approximate surface area is 133 Å². The van der Waals surface area contributed by atoms with Gasteiger partial charge in [-0.2, -0.15) is 0 Å². The van der Waals surface area contributed by atoms with Gasteiger partial charge in [0.2, 0.25) is 0 Å². The number of carbonyl (C=O) groups excluding carboxylic acids is 1. The smallest absolute Gasteiger partial charge is 0.136 e. The number of fused-ring (bicyclic) bond motifs is 5. The number of aliphatic hydroxyl groups is 2. The average Bonchev–Trinajstić information content (AvgIpc) is 2.77. The highest BCUT2D eigenvalue weighted by atomic mass is 16.3. The van der Waals surface area contributed by atoms with E-state index in [2.05, 4.69) is 13.8 Å². The van der Waals surface area contributed by atoms with Crippen molar-refractivity contribution in [1.82, 2.24) is 0 Å². The Hall–Kier alpha value is -0.410. The maximum atomic E-state index is 13.0. The third-order valence-electron chi connectivity index (χ3n) is 8.39. The molecule has 0 amide bonds. The van der Waals surface area contributed by atoms with Crippen LogP contribution in [0.2, 0.25) is 0 Å². The third kappa shape index (κ3) is 1.84. The van der Waals surface area contributed by atoms with Gasteiger partial charge in [0.1, 0.15) is 5.78 Å². The van der Waals surface area contributed by atoms with Crippen molar-refractivity contribution < 1.29 is 15.0 Å². The number of carbonyl (C=O) groups is 1. The van der Waals surface area contributed by atoms with Crippen LogP contribution < -0.4 is 0 Å². The quantitative estimate of drug-likeness (QED) is 0.723. The van der Waals surface area contributed by atoms with Crippen LogP contribution in [-0.2, 0) is 4.79 Å². The number of hydrogen-bond acceptors (Lipinski definition) is 3. The van der Waals surface area contributed by atoms with E-state index in [1.807, 2.05) is 0 Å². The van der Waals surface area contributed by atoms with Gasteiger partial charge in [0.05, 0.1) is 12.2 Å². The average molecular weight is 306 g/mol. The predicted molar refractivity (Wildman–Crippen MR) is 84.1 cm³/mol. The van der Waals surface area contributed by atoms with E-state index < -0.39 is 0 Å². The van der Waals surface area contributed by atoms with Gasteiger partial charge in [0, 0.05) is 12.3 Å². The van der Waals surface area contributed by atoms with Gasteiger partial charge in [0.15, 0.2) is 0 Å². The lowest BCUT2D eigenvalue weighted by molar-refractivity contribution is -0.162. The van der Waals surface area contributed by atoms with Crippen LogP contribution in [0.5, 0.6) is 0 Å². The van der Waals surface area contributed by atoms with Crippen LogP contribution in [0.15, 0.2) is 0 Å². The van der Waals surface area contributed by atoms with Crippen molar-refractivity contribution in [2.24, 2.45) is 34.5 Å². The molecule has 0 aliphatic heterocycles. The number of aliphatic hydroxyl groups excluding tert-OH is 2. The molecule has 4 aliphatic rings. The number of hydrogen-bond donors (Lipinski definition) is 2. The van der Waals surface area contributed by atoms with Gasteiger partial charge < -0.3 is 10.2 Å². The van der Waals surface area contributed by atoms with E-state index in [-0.39, 0.29) is 29.0 Å². The molecule has 0 aromatic carbocycles. The zero-order valence-electron chi connectivity index (χ0n) is 13.9. The second-order valence-corrected chi connectivity index (χ2v) is 9.18. The molecule has 0 radical (unpaired) electrons. The van der Waals surface area contributed by atoms with Crippen molar-refractivity contribution in [3.63, 3.8) is 0 Å². The molecule has 4 rings (SSSR count). The first-order chi connectivity index (χ1) is 10.4. The molecule has 124 valence electrons. The van der Waals surface area contributed by atoms with Crippen LogP contribution in [0, 0.1) is 34.5 Å². The number of Topliss-reactive ketones (excluding diaryl/α,β-unsaturated/α-hetero) is 1. The minimum absolute atomic E-state index is 0.0335. The summed E-state index contributed by atoms with van der Waals surface area (Å²) >= 11 is 0. The summed E-state index contributed by atoms with van der Waals surface area (Å²) in [6.07, 6.45) is 7.07. The predicted octanol–water partition coefficient (Wildman–Crippen LogP) is 2.93. The molecule has 8 atom stereocenters. The molecular formula is C19H30O3. The summed E-state index contributed by atoms with van der Waals surface area (Å²) in [5.41, 5.74) is 0.195. The van der Waals surface area contributed by atoms with Gasteiger partial charge in [-0.05, 0) is 73.5 Å². The van der Waals surface area contributed by atoms with E-state index >= 15 is 0 Å². The molecule has 3 nitrogen and oxygen atoms in total. The van der Waals surface area contributed by atoms with Crippen molar-refractivity contribution in [2.75, 3.05) is 0 Å². The Kier molecular flexibility index (Phi) is 3.30. The molecule has 2 N–H and O–H groups in total. The van der Waals surface area contributed by atoms with Crippen LogP contribution >= 0.6 is 0 Å². The summed E-state index contributed by atoms with van der Waals surface area (Å²) in [4.78, 5) is 13.0. The molecule has 0 bridgehead atoms. The van der Waals surface area contributed by atoms with Gasteiger partial charge >= 0.3 is 0 Å². The van der Waals surface area contributed by atoms with E-state index in [1.54, 1.807) is 0 Å². The summed E-state index contributed by atoms with van der Waals surface area (Å²) in [5.74, 6) is 1.85. The third-order valence-corrected chi connectivity index (χ3v) is 8.39. The molecule has 22 heavy (non-hydrogen) atoms. The SMILES string of the molecule is C[C@]12CC[C@@H](O)C[C@@H]1CC(=O)[C@H]1[C@H]2CC[C@]2(C)[C@H](O)CC[C@@H]12. The second-order valence-electron chi connectivity index (χ2n) is 9.18. The fraction of sp³-hybridized carbons (Fsp3) is 0.947. The second kappa shape index (κ2) is 4.80. The maximum Gasteiger partial charge on any atom is 0.136 e. The summed E-state index contributed by atoms with van der Waals surface area (Å²) in [6, 6.07) is 0. The molecule has 0 heterocycles. The molecule has 0 unspecified atom stereocenters. The lowest BCUT2D eigenvalue weighted by Gasteiger charge is -2.59.